The van der Waals surface area contributed by atoms with E-state index in [0.717, 1.165) is 33.4 Å². The van der Waals surface area contributed by atoms with Gasteiger partial charge in [0.2, 0.25) is 0 Å². The van der Waals surface area contributed by atoms with Gasteiger partial charge in [-0.25, -0.2) is 9.18 Å². The van der Waals surface area contributed by atoms with Gasteiger partial charge >= 0.3 is 6.03 Å². The van der Waals surface area contributed by atoms with E-state index in [1.54, 1.807) is 37.6 Å². The highest BCUT2D eigenvalue weighted by Gasteiger charge is 2.15. The third kappa shape index (κ3) is 7.62. The van der Waals surface area contributed by atoms with E-state index in [1.165, 1.54) is 29.5 Å². The van der Waals surface area contributed by atoms with Crippen molar-refractivity contribution in [3.05, 3.63) is 96.1 Å². The van der Waals surface area contributed by atoms with E-state index in [-0.39, 0.29) is 17.0 Å². The van der Waals surface area contributed by atoms with Crippen molar-refractivity contribution < 1.29 is 23.5 Å². The highest BCUT2D eigenvalue weighted by Crippen LogP contribution is 2.39. The number of methoxy groups -OCH3 is 1. The van der Waals surface area contributed by atoms with Crippen LogP contribution in [0.4, 0.5) is 20.6 Å². The third-order valence-electron chi connectivity index (χ3n) is 6.14. The van der Waals surface area contributed by atoms with E-state index < -0.39 is 17.8 Å². The number of benzene rings is 2. The van der Waals surface area contributed by atoms with Crippen LogP contribution >= 0.6 is 23.1 Å². The van der Waals surface area contributed by atoms with E-state index in [2.05, 4.69) is 25.9 Å². The number of halogens is 2. The van der Waals surface area contributed by atoms with Crippen molar-refractivity contribution in [1.82, 2.24) is 20.1 Å². The maximum Gasteiger partial charge on any atom is 0.323 e. The zero-order chi connectivity index (χ0) is 30.2. The van der Waals surface area contributed by atoms with Crippen LogP contribution in [0.2, 0.25) is 0 Å². The van der Waals surface area contributed by atoms with Crippen LogP contribution in [0.3, 0.4) is 0 Å². The molecule has 0 fully saturated rings. The molecule has 0 unspecified atom stereocenters. The molecule has 3 heterocycles. The van der Waals surface area contributed by atoms with Gasteiger partial charge in [0.1, 0.15) is 5.75 Å². The molecule has 5 aromatic rings. The lowest BCUT2D eigenvalue weighted by Gasteiger charge is -2.11. The van der Waals surface area contributed by atoms with Crippen molar-refractivity contribution in [3.8, 4) is 22.1 Å². The summed E-state index contributed by atoms with van der Waals surface area (Å²) < 4.78 is 26.8. The van der Waals surface area contributed by atoms with Gasteiger partial charge in [-0.3, -0.25) is 19.6 Å². The van der Waals surface area contributed by atoms with Gasteiger partial charge in [0.25, 0.3) is 5.91 Å². The summed E-state index contributed by atoms with van der Waals surface area (Å²) in [6.45, 7) is 2.09. The minimum Gasteiger partial charge on any atom is -0.453 e. The summed E-state index contributed by atoms with van der Waals surface area (Å²) in [5.41, 5.74) is 3.38. The van der Waals surface area contributed by atoms with Crippen molar-refractivity contribution in [2.45, 2.75) is 6.54 Å². The smallest absolute Gasteiger partial charge is 0.323 e. The SMILES string of the molecule is COCCNCc1ccc(-c2cc3nccc(Oc4ccc(NC(=O)Nc5cccc(C(=O)NCl)c5)cc4F)c3s2)nc1. The summed E-state index contributed by atoms with van der Waals surface area (Å²) >= 11 is 6.80. The molecule has 0 saturated carbocycles. The fourth-order valence-electron chi connectivity index (χ4n) is 4.07. The van der Waals surface area contributed by atoms with Gasteiger partial charge < -0.3 is 25.4 Å². The summed E-state index contributed by atoms with van der Waals surface area (Å²) in [5, 5.41) is 8.44. The predicted octanol–water partition coefficient (Wildman–Crippen LogP) is 6.55. The van der Waals surface area contributed by atoms with Crippen LogP contribution in [0.15, 0.2) is 79.1 Å². The monoisotopic (exact) mass is 620 g/mol. The van der Waals surface area contributed by atoms with E-state index >= 15 is 4.39 Å². The first-order valence-electron chi connectivity index (χ1n) is 13.0. The lowest BCUT2D eigenvalue weighted by atomic mass is 10.2. The number of hydrogen-bond acceptors (Lipinski definition) is 8. The molecule has 3 aromatic heterocycles. The van der Waals surface area contributed by atoms with Crippen molar-refractivity contribution in [2.75, 3.05) is 30.9 Å². The fraction of sp³-hybridized carbons (Fsp3) is 0.133. The number of hydrogen-bond donors (Lipinski definition) is 4. The summed E-state index contributed by atoms with van der Waals surface area (Å²) in [7, 11) is 1.67. The van der Waals surface area contributed by atoms with Crippen LogP contribution in [-0.2, 0) is 11.3 Å². The molecule has 0 radical (unpaired) electrons. The summed E-state index contributed by atoms with van der Waals surface area (Å²) in [4.78, 5) is 36.1. The normalized spacial score (nSPS) is 10.9. The number of pyridine rings is 2. The lowest BCUT2D eigenvalue weighted by Crippen LogP contribution is -2.20. The van der Waals surface area contributed by atoms with E-state index in [1.807, 2.05) is 29.2 Å². The van der Waals surface area contributed by atoms with Crippen LogP contribution in [0.25, 0.3) is 20.8 Å². The van der Waals surface area contributed by atoms with E-state index in [9.17, 15) is 9.59 Å². The van der Waals surface area contributed by atoms with E-state index in [4.69, 9.17) is 21.3 Å². The third-order valence-corrected chi connectivity index (χ3v) is 7.48. The molecule has 10 nitrogen and oxygen atoms in total. The first-order valence-corrected chi connectivity index (χ1v) is 14.2. The second-order valence-corrected chi connectivity index (χ2v) is 10.4. The van der Waals surface area contributed by atoms with Crippen molar-refractivity contribution in [2.24, 2.45) is 0 Å². The van der Waals surface area contributed by atoms with Crippen molar-refractivity contribution in [1.29, 1.82) is 0 Å². The molecular weight excluding hydrogens is 595 g/mol. The van der Waals surface area contributed by atoms with Gasteiger partial charge in [0.15, 0.2) is 11.6 Å². The number of nitrogens with zero attached hydrogens (tertiary/aromatic N) is 2. The van der Waals surface area contributed by atoms with Gasteiger partial charge in [-0.15, -0.1) is 11.3 Å². The molecule has 0 aliphatic rings. The highest BCUT2D eigenvalue weighted by molar-refractivity contribution is 7.22. The Morgan fingerprint density at radius 1 is 0.977 bits per heavy atom. The number of rotatable bonds is 11. The van der Waals surface area contributed by atoms with Gasteiger partial charge in [-0.05, 0) is 48.0 Å². The maximum absolute atomic E-state index is 15.0. The van der Waals surface area contributed by atoms with Crippen molar-refractivity contribution >= 4 is 56.6 Å². The lowest BCUT2D eigenvalue weighted by molar-refractivity contribution is 0.0981. The fourth-order valence-corrected chi connectivity index (χ4v) is 5.22. The van der Waals surface area contributed by atoms with Gasteiger partial charge in [0.05, 0.1) is 27.4 Å². The molecule has 3 amide bonds. The number of nitrogens with one attached hydrogen (secondary N) is 4. The Hall–Kier alpha value is -4.62. The molecular formula is C30H26ClFN6O4S. The summed E-state index contributed by atoms with van der Waals surface area (Å²) in [6.07, 6.45) is 3.42. The molecule has 5 rings (SSSR count). The molecule has 2 aromatic carbocycles. The maximum atomic E-state index is 15.0. The van der Waals surface area contributed by atoms with Crippen LogP contribution in [0.5, 0.6) is 11.5 Å². The van der Waals surface area contributed by atoms with Gasteiger partial charge in [0, 0.05) is 73.4 Å². The van der Waals surface area contributed by atoms with Gasteiger partial charge in [-0.1, -0.05) is 12.1 Å². The highest BCUT2D eigenvalue weighted by atomic mass is 35.5. The summed E-state index contributed by atoms with van der Waals surface area (Å²) in [5.74, 6) is -0.756. The zero-order valence-electron chi connectivity index (χ0n) is 22.8. The standard InChI is InChI=1S/C30H26ClFN6O4S/c1-41-12-11-33-16-18-5-7-23(35-17-18)27-15-24-28(43-27)26(9-10-34-24)42-25-8-6-21(14-22(25)32)37-30(40)36-20-4-2-3-19(13-20)29(39)38-31/h2-10,13-15,17,33H,11-12,16H2,1H3,(H,38,39)(H2,36,37,40). The largest absolute Gasteiger partial charge is 0.453 e. The van der Waals surface area contributed by atoms with Crippen LogP contribution < -0.4 is 25.5 Å². The van der Waals surface area contributed by atoms with Gasteiger partial charge in [-0.2, -0.15) is 0 Å². The minimum atomic E-state index is -0.670. The number of anilines is 2. The first kappa shape index (κ1) is 29.9. The number of carbonyl (C=O) groups excluding carboxylic acids is 2. The molecule has 43 heavy (non-hydrogen) atoms. The Labute approximate surface area is 255 Å². The number of thiophene rings is 1. The molecule has 4 N–H and O–H groups in total. The molecule has 0 atom stereocenters. The number of urea groups is 1. The Bertz CT molecular complexity index is 1750. The predicted molar refractivity (Wildman–Crippen MR) is 165 cm³/mol. The van der Waals surface area contributed by atoms with E-state index in [0.29, 0.717) is 30.1 Å². The molecule has 13 heteroatoms. The van der Waals surface area contributed by atoms with Crippen LogP contribution in [0.1, 0.15) is 15.9 Å². The Morgan fingerprint density at radius 3 is 2.56 bits per heavy atom. The number of aromatic nitrogens is 2. The molecule has 0 aliphatic heterocycles. The topological polar surface area (TPSA) is 126 Å². The molecule has 0 spiro atoms. The minimum absolute atomic E-state index is 0.0170. The Balaban J connectivity index is 1.25. The van der Waals surface area contributed by atoms with Crippen LogP contribution in [0, 0.1) is 5.82 Å². The molecule has 0 aliphatic carbocycles. The number of fused-ring (bicyclic) bond motifs is 1. The van der Waals surface area contributed by atoms with Crippen LogP contribution in [-0.4, -0.2) is 42.2 Å². The molecule has 0 saturated heterocycles. The molecule has 220 valence electrons. The molecule has 0 bridgehead atoms. The quantitative estimate of drug-likeness (QED) is 0.0974. The number of amides is 3. The second-order valence-electron chi connectivity index (χ2n) is 9.19. The summed E-state index contributed by atoms with van der Waals surface area (Å²) in [6, 6.07) is 17.2. The average Bonchev–Trinajstić information content (AvgIpc) is 3.46. The first-order chi connectivity index (χ1) is 20.9. The Kier molecular flexibility index (Phi) is 9.74. The average molecular weight is 621 g/mol. The number of ether oxygens (including phenoxy) is 2. The number of carbonyl (C=O) groups is 2. The zero-order valence-corrected chi connectivity index (χ0v) is 24.4. The second kappa shape index (κ2) is 14.0. The Morgan fingerprint density at radius 2 is 1.81 bits per heavy atom. The van der Waals surface area contributed by atoms with Crippen molar-refractivity contribution in [3.63, 3.8) is 0 Å².